The molecule has 0 aromatic heterocycles. The van der Waals surface area contributed by atoms with Gasteiger partial charge < -0.3 is 0 Å². The summed E-state index contributed by atoms with van der Waals surface area (Å²) >= 11 is 0. The van der Waals surface area contributed by atoms with Crippen LogP contribution in [0, 0.1) is 0 Å². The summed E-state index contributed by atoms with van der Waals surface area (Å²) in [5.41, 5.74) is 0.248. The van der Waals surface area contributed by atoms with Crippen LogP contribution >= 0.6 is 0 Å². The molecule has 0 aromatic rings. The number of hydrogen-bond acceptors (Lipinski definition) is 1. The summed E-state index contributed by atoms with van der Waals surface area (Å²) in [6.45, 7) is 2.15. The zero-order valence-electron chi connectivity index (χ0n) is 6.40. The summed E-state index contributed by atoms with van der Waals surface area (Å²) in [6, 6.07) is 0. The summed E-state index contributed by atoms with van der Waals surface area (Å²) < 4.78 is 0. The molecule has 0 bridgehead atoms. The molecule has 2 heteroatoms. The van der Waals surface area contributed by atoms with Crippen molar-refractivity contribution < 1.29 is 0 Å². The molecule has 0 atom stereocenters. The minimum Gasteiger partial charge on any atom is -0.297 e. The molecule has 1 saturated carbocycles. The SMILES string of the molecule is C1CCC2(CC1)[N]CCN2. The first-order chi connectivity index (χ1) is 4.91. The Bertz CT molecular complexity index is 108. The molecular weight excluding hydrogens is 124 g/mol. The molecule has 57 valence electrons. The number of hydrogen-bond donors (Lipinski definition) is 1. The molecule has 1 spiro atoms. The van der Waals surface area contributed by atoms with Gasteiger partial charge in [0.2, 0.25) is 0 Å². The Morgan fingerprint density at radius 3 is 2.50 bits per heavy atom. The highest BCUT2D eigenvalue weighted by Crippen LogP contribution is 2.28. The maximum Gasteiger partial charge on any atom is 0.0849 e. The highest BCUT2D eigenvalue weighted by Gasteiger charge is 2.34. The Labute approximate surface area is 62.4 Å². The Kier molecular flexibility index (Phi) is 1.66. The zero-order chi connectivity index (χ0) is 6.86. The van der Waals surface area contributed by atoms with E-state index < -0.39 is 0 Å². The highest BCUT2D eigenvalue weighted by molar-refractivity contribution is 4.92. The Hall–Kier alpha value is -0.0800. The molecule has 0 unspecified atom stereocenters. The van der Waals surface area contributed by atoms with Gasteiger partial charge in [-0.3, -0.25) is 5.32 Å². The van der Waals surface area contributed by atoms with Gasteiger partial charge in [-0.1, -0.05) is 19.3 Å². The standard InChI is InChI=1S/C8H15N2/c1-2-4-8(5-3-1)9-6-7-10-8/h9H,1-7H2. The molecule has 2 nitrogen and oxygen atoms in total. The van der Waals surface area contributed by atoms with Crippen molar-refractivity contribution in [3.05, 3.63) is 0 Å². The van der Waals surface area contributed by atoms with Crippen molar-refractivity contribution >= 4 is 0 Å². The summed E-state index contributed by atoms with van der Waals surface area (Å²) in [6.07, 6.45) is 6.73. The molecule has 2 fully saturated rings. The van der Waals surface area contributed by atoms with E-state index in [1.165, 1.54) is 32.1 Å². The normalized spacial score (nSPS) is 31.2. The van der Waals surface area contributed by atoms with Gasteiger partial charge in [0.25, 0.3) is 0 Å². The van der Waals surface area contributed by atoms with Crippen molar-refractivity contribution in [3.63, 3.8) is 0 Å². The van der Waals surface area contributed by atoms with Gasteiger partial charge in [0, 0.05) is 13.1 Å². The van der Waals surface area contributed by atoms with Gasteiger partial charge in [0.05, 0.1) is 5.66 Å². The second-order valence-corrected chi connectivity index (χ2v) is 3.40. The lowest BCUT2D eigenvalue weighted by atomic mass is 9.90. The summed E-state index contributed by atoms with van der Waals surface area (Å²) in [5, 5.41) is 8.12. The topological polar surface area (TPSA) is 26.1 Å². The van der Waals surface area contributed by atoms with Gasteiger partial charge in [0.1, 0.15) is 0 Å². The maximum atomic E-state index is 4.62. The van der Waals surface area contributed by atoms with Crippen molar-refractivity contribution in [2.75, 3.05) is 13.1 Å². The van der Waals surface area contributed by atoms with Gasteiger partial charge in [-0.05, 0) is 12.8 Å². The van der Waals surface area contributed by atoms with Crippen LogP contribution < -0.4 is 10.6 Å². The van der Waals surface area contributed by atoms with E-state index in [2.05, 4.69) is 10.6 Å². The lowest BCUT2D eigenvalue weighted by molar-refractivity contribution is 0.230. The molecule has 10 heavy (non-hydrogen) atoms. The van der Waals surface area contributed by atoms with Crippen LogP contribution in [0.3, 0.4) is 0 Å². The van der Waals surface area contributed by atoms with Gasteiger partial charge in [-0.2, -0.15) is 0 Å². The summed E-state index contributed by atoms with van der Waals surface area (Å²) in [7, 11) is 0. The highest BCUT2D eigenvalue weighted by atomic mass is 15.2. The summed E-state index contributed by atoms with van der Waals surface area (Å²) in [4.78, 5) is 0. The molecule has 1 saturated heterocycles. The lowest BCUT2D eigenvalue weighted by Crippen LogP contribution is -2.46. The van der Waals surface area contributed by atoms with Crippen molar-refractivity contribution in [1.82, 2.24) is 10.6 Å². The number of nitrogens with one attached hydrogen (secondary N) is 1. The fourth-order valence-electron chi connectivity index (χ4n) is 2.09. The smallest absolute Gasteiger partial charge is 0.0849 e. The average Bonchev–Trinajstić information content (AvgIpc) is 2.39. The van der Waals surface area contributed by atoms with Gasteiger partial charge in [-0.15, -0.1) is 0 Å². The van der Waals surface area contributed by atoms with Crippen LogP contribution in [0.1, 0.15) is 32.1 Å². The van der Waals surface area contributed by atoms with Crippen LogP contribution in [0.2, 0.25) is 0 Å². The Morgan fingerprint density at radius 1 is 1.10 bits per heavy atom. The molecule has 1 heterocycles. The van der Waals surface area contributed by atoms with E-state index in [9.17, 15) is 0 Å². The monoisotopic (exact) mass is 139 g/mol. The first kappa shape index (κ1) is 6.62. The molecule has 0 aromatic carbocycles. The second kappa shape index (κ2) is 2.51. The number of nitrogens with zero attached hydrogens (tertiary/aromatic N) is 1. The summed E-state index contributed by atoms with van der Waals surface area (Å²) in [5.74, 6) is 0. The van der Waals surface area contributed by atoms with Gasteiger partial charge in [-0.25, -0.2) is 5.32 Å². The predicted octanol–water partition coefficient (Wildman–Crippen LogP) is 0.854. The minimum atomic E-state index is 0.248. The molecule has 1 N–H and O–H groups in total. The van der Waals surface area contributed by atoms with Crippen molar-refractivity contribution in [2.24, 2.45) is 0 Å². The maximum absolute atomic E-state index is 4.62. The van der Waals surface area contributed by atoms with E-state index in [0.29, 0.717) is 0 Å². The third-order valence-electron chi connectivity index (χ3n) is 2.66. The molecule has 0 amide bonds. The molecule has 1 aliphatic carbocycles. The second-order valence-electron chi connectivity index (χ2n) is 3.40. The predicted molar refractivity (Wildman–Crippen MR) is 40.8 cm³/mol. The zero-order valence-corrected chi connectivity index (χ0v) is 6.40. The van der Waals surface area contributed by atoms with E-state index in [4.69, 9.17) is 0 Å². The molecule has 1 aliphatic heterocycles. The third kappa shape index (κ3) is 1.06. The van der Waals surface area contributed by atoms with Crippen LogP contribution in [-0.2, 0) is 0 Å². The fourth-order valence-corrected chi connectivity index (χ4v) is 2.09. The molecule has 1 radical (unpaired) electrons. The van der Waals surface area contributed by atoms with Crippen molar-refractivity contribution in [3.8, 4) is 0 Å². The van der Waals surface area contributed by atoms with Gasteiger partial charge >= 0.3 is 0 Å². The Balaban J connectivity index is 1.98. The van der Waals surface area contributed by atoms with E-state index >= 15 is 0 Å². The van der Waals surface area contributed by atoms with E-state index in [0.717, 1.165) is 13.1 Å². The first-order valence-electron chi connectivity index (χ1n) is 4.35. The quantitative estimate of drug-likeness (QED) is 0.529. The lowest BCUT2D eigenvalue weighted by Gasteiger charge is -2.32. The van der Waals surface area contributed by atoms with E-state index in [1.54, 1.807) is 0 Å². The third-order valence-corrected chi connectivity index (χ3v) is 2.66. The van der Waals surface area contributed by atoms with Crippen LogP contribution in [0.5, 0.6) is 0 Å². The number of rotatable bonds is 0. The Morgan fingerprint density at radius 2 is 1.90 bits per heavy atom. The van der Waals surface area contributed by atoms with Crippen LogP contribution in [-0.4, -0.2) is 18.8 Å². The van der Waals surface area contributed by atoms with Crippen LogP contribution in [0.4, 0.5) is 0 Å². The minimum absolute atomic E-state index is 0.248. The fraction of sp³-hybridized carbons (Fsp3) is 1.00. The van der Waals surface area contributed by atoms with Gasteiger partial charge in [0.15, 0.2) is 0 Å². The van der Waals surface area contributed by atoms with E-state index in [1.807, 2.05) is 0 Å². The molecule has 2 rings (SSSR count). The molecule has 2 aliphatic rings. The molecular formula is C8H15N2. The van der Waals surface area contributed by atoms with Crippen molar-refractivity contribution in [1.29, 1.82) is 0 Å². The van der Waals surface area contributed by atoms with E-state index in [-0.39, 0.29) is 5.66 Å². The van der Waals surface area contributed by atoms with Crippen LogP contribution in [0.25, 0.3) is 0 Å². The van der Waals surface area contributed by atoms with Crippen molar-refractivity contribution in [2.45, 2.75) is 37.8 Å². The average molecular weight is 139 g/mol. The van der Waals surface area contributed by atoms with Crippen LogP contribution in [0.15, 0.2) is 0 Å². The largest absolute Gasteiger partial charge is 0.297 e. The first-order valence-corrected chi connectivity index (χ1v) is 4.35.